The van der Waals surface area contributed by atoms with Gasteiger partial charge in [-0.1, -0.05) is 12.1 Å². The lowest BCUT2D eigenvalue weighted by atomic mass is 10.0. The molecule has 3 heterocycles. The first-order valence-corrected chi connectivity index (χ1v) is 8.15. The molecule has 0 radical (unpaired) electrons. The third kappa shape index (κ3) is 2.79. The van der Waals surface area contributed by atoms with Gasteiger partial charge < -0.3 is 14.4 Å². The summed E-state index contributed by atoms with van der Waals surface area (Å²) in [5.74, 6) is -1.03. The van der Waals surface area contributed by atoms with Gasteiger partial charge in [-0.3, -0.25) is 4.79 Å². The molecule has 7 heteroatoms. The molecule has 0 aliphatic carbocycles. The maximum Gasteiger partial charge on any atom is 0.276 e. The van der Waals surface area contributed by atoms with E-state index in [1.165, 1.54) is 0 Å². The van der Waals surface area contributed by atoms with Crippen molar-refractivity contribution in [2.45, 2.75) is 18.9 Å². The van der Waals surface area contributed by atoms with Crippen LogP contribution in [0.5, 0.6) is 11.5 Å². The monoisotopic (exact) mass is 346 g/mol. The molecule has 25 heavy (non-hydrogen) atoms. The van der Waals surface area contributed by atoms with Crippen LogP contribution in [0.25, 0.3) is 0 Å². The van der Waals surface area contributed by atoms with E-state index in [4.69, 9.17) is 9.47 Å². The Bertz CT molecular complexity index is 828. The Morgan fingerprint density at radius 2 is 2.08 bits per heavy atom. The van der Waals surface area contributed by atoms with Gasteiger partial charge in [-0.15, -0.1) is 0 Å². The van der Waals surface area contributed by atoms with Crippen LogP contribution in [0.2, 0.25) is 0 Å². The van der Waals surface area contributed by atoms with Crippen molar-refractivity contribution in [3.05, 3.63) is 53.4 Å². The van der Waals surface area contributed by atoms with Crippen LogP contribution in [0, 0.1) is 11.6 Å². The summed E-state index contributed by atoms with van der Waals surface area (Å²) in [5, 5.41) is 0. The molecule has 2 aliphatic rings. The Morgan fingerprint density at radius 3 is 2.92 bits per heavy atom. The maximum absolute atomic E-state index is 14.0. The van der Waals surface area contributed by atoms with Gasteiger partial charge in [0.15, 0.2) is 23.0 Å². The average Bonchev–Trinajstić information content (AvgIpc) is 3.10. The molecule has 2 aliphatic heterocycles. The topological polar surface area (TPSA) is 51.7 Å². The normalized spacial score (nSPS) is 19.1. The number of carbonyl (C=O) groups is 1. The fourth-order valence-electron chi connectivity index (χ4n) is 3.40. The zero-order valence-corrected chi connectivity index (χ0v) is 13.4. The van der Waals surface area contributed by atoms with Crippen molar-refractivity contribution in [1.82, 2.24) is 9.88 Å². The molecule has 0 spiro atoms. The molecule has 1 amide bonds. The van der Waals surface area contributed by atoms with Gasteiger partial charge in [-0.05, 0) is 18.9 Å². The van der Waals surface area contributed by atoms with Gasteiger partial charge in [0.1, 0.15) is 19.0 Å². The van der Waals surface area contributed by atoms with E-state index in [-0.39, 0.29) is 11.7 Å². The quantitative estimate of drug-likeness (QED) is 0.838. The second-order valence-electron chi connectivity index (χ2n) is 6.01. The van der Waals surface area contributed by atoms with Crippen molar-refractivity contribution in [3.63, 3.8) is 0 Å². The van der Waals surface area contributed by atoms with E-state index in [0.29, 0.717) is 37.3 Å². The maximum atomic E-state index is 14.0. The first-order chi connectivity index (χ1) is 12.1. The Morgan fingerprint density at radius 1 is 1.24 bits per heavy atom. The van der Waals surface area contributed by atoms with E-state index in [2.05, 4.69) is 4.98 Å². The molecule has 130 valence electrons. The van der Waals surface area contributed by atoms with Gasteiger partial charge >= 0.3 is 0 Å². The lowest BCUT2D eigenvalue weighted by Crippen LogP contribution is -2.32. The highest BCUT2D eigenvalue weighted by Crippen LogP contribution is 2.43. The minimum Gasteiger partial charge on any atom is -0.486 e. The number of amides is 1. The number of hydrogen-bond donors (Lipinski definition) is 0. The molecule has 1 aromatic carbocycles. The van der Waals surface area contributed by atoms with Crippen LogP contribution in [0.1, 0.15) is 34.9 Å². The Hall–Kier alpha value is -2.70. The molecule has 0 saturated carbocycles. The number of hydrogen-bond acceptors (Lipinski definition) is 4. The number of ether oxygens (including phenoxy) is 2. The van der Waals surface area contributed by atoms with E-state index in [9.17, 15) is 13.6 Å². The highest BCUT2D eigenvalue weighted by molar-refractivity contribution is 5.93. The molecule has 5 nitrogen and oxygen atoms in total. The van der Waals surface area contributed by atoms with Crippen molar-refractivity contribution < 1.29 is 23.0 Å². The summed E-state index contributed by atoms with van der Waals surface area (Å²) < 4.78 is 38.4. The minimum absolute atomic E-state index is 0.254. The molecule has 2 aromatic rings. The highest BCUT2D eigenvalue weighted by Gasteiger charge is 2.35. The number of nitrogens with zero attached hydrogens (tertiary/aromatic N) is 2. The zero-order chi connectivity index (χ0) is 17.4. The van der Waals surface area contributed by atoms with E-state index >= 15 is 0 Å². The third-order valence-electron chi connectivity index (χ3n) is 4.48. The van der Waals surface area contributed by atoms with Crippen LogP contribution in [-0.2, 0) is 0 Å². The number of pyridine rings is 1. The van der Waals surface area contributed by atoms with Crippen LogP contribution in [0.4, 0.5) is 8.78 Å². The summed E-state index contributed by atoms with van der Waals surface area (Å²) in [4.78, 5) is 18.0. The third-order valence-corrected chi connectivity index (χ3v) is 4.48. The van der Waals surface area contributed by atoms with Gasteiger partial charge in [0.2, 0.25) is 0 Å². The van der Waals surface area contributed by atoms with Crippen LogP contribution in [-0.4, -0.2) is 35.5 Å². The fourth-order valence-corrected chi connectivity index (χ4v) is 3.40. The second-order valence-corrected chi connectivity index (χ2v) is 6.01. The predicted molar refractivity (Wildman–Crippen MR) is 84.6 cm³/mol. The van der Waals surface area contributed by atoms with E-state index < -0.39 is 17.5 Å². The molecule has 1 unspecified atom stereocenters. The molecule has 4 rings (SSSR count). The molecule has 1 atom stereocenters. The summed E-state index contributed by atoms with van der Waals surface area (Å²) in [5.41, 5.74) is 0.473. The Labute approximate surface area is 143 Å². The predicted octanol–water partition coefficient (Wildman–Crippen LogP) is 3.11. The highest BCUT2D eigenvalue weighted by atomic mass is 19.1. The van der Waals surface area contributed by atoms with Crippen molar-refractivity contribution in [2.75, 3.05) is 19.8 Å². The first-order valence-electron chi connectivity index (χ1n) is 8.15. The number of rotatable bonds is 2. The lowest BCUT2D eigenvalue weighted by Gasteiger charge is -2.28. The molecular formula is C18H16F2N2O3. The zero-order valence-electron chi connectivity index (χ0n) is 13.4. The molecule has 1 fully saturated rings. The number of likely N-dealkylation sites (tertiary alicyclic amines) is 1. The molecule has 1 saturated heterocycles. The standard InChI is InChI=1S/C18H16F2N2O3/c19-11-9-13(20)16(21-10-11)18(23)22-6-2-4-14(22)12-3-1-5-15-17(12)25-8-7-24-15/h1,3,5,9-10,14H,2,4,6-8H2. The van der Waals surface area contributed by atoms with Crippen molar-refractivity contribution in [3.8, 4) is 11.5 Å². The van der Waals surface area contributed by atoms with E-state index in [1.807, 2.05) is 18.2 Å². The first kappa shape index (κ1) is 15.8. The van der Waals surface area contributed by atoms with Gasteiger partial charge in [-0.25, -0.2) is 13.8 Å². The van der Waals surface area contributed by atoms with Crippen LogP contribution >= 0.6 is 0 Å². The summed E-state index contributed by atoms with van der Waals surface area (Å²) in [7, 11) is 0. The van der Waals surface area contributed by atoms with Crippen LogP contribution in [0.15, 0.2) is 30.5 Å². The number of fused-ring (bicyclic) bond motifs is 1. The minimum atomic E-state index is -0.953. The fraction of sp³-hybridized carbons (Fsp3) is 0.333. The SMILES string of the molecule is O=C(c1ncc(F)cc1F)N1CCCC1c1cccc2c1OCCO2. The number of carbonyl (C=O) groups excluding carboxylic acids is 1. The Balaban J connectivity index is 1.68. The summed E-state index contributed by atoms with van der Waals surface area (Å²) in [6, 6.07) is 5.97. The van der Waals surface area contributed by atoms with E-state index in [0.717, 1.165) is 24.6 Å². The average molecular weight is 346 g/mol. The summed E-state index contributed by atoms with van der Waals surface area (Å²) >= 11 is 0. The van der Waals surface area contributed by atoms with Gasteiger partial charge in [-0.2, -0.15) is 0 Å². The molecular weight excluding hydrogens is 330 g/mol. The smallest absolute Gasteiger partial charge is 0.276 e. The summed E-state index contributed by atoms with van der Waals surface area (Å²) in [6.07, 6.45) is 2.36. The number of benzene rings is 1. The number of aromatic nitrogens is 1. The second kappa shape index (κ2) is 6.31. The van der Waals surface area contributed by atoms with Crippen LogP contribution in [0.3, 0.4) is 0 Å². The molecule has 0 bridgehead atoms. The van der Waals surface area contributed by atoms with Gasteiger partial charge in [0, 0.05) is 18.2 Å². The van der Waals surface area contributed by atoms with Gasteiger partial charge in [0.25, 0.3) is 5.91 Å². The summed E-state index contributed by atoms with van der Waals surface area (Å²) in [6.45, 7) is 1.40. The van der Waals surface area contributed by atoms with E-state index in [1.54, 1.807) is 4.90 Å². The lowest BCUT2D eigenvalue weighted by molar-refractivity contribution is 0.0719. The van der Waals surface area contributed by atoms with Crippen molar-refractivity contribution in [2.24, 2.45) is 0 Å². The number of para-hydroxylation sites is 1. The van der Waals surface area contributed by atoms with Crippen LogP contribution < -0.4 is 9.47 Å². The van der Waals surface area contributed by atoms with Crippen molar-refractivity contribution >= 4 is 5.91 Å². The van der Waals surface area contributed by atoms with Gasteiger partial charge in [0.05, 0.1) is 12.2 Å². The molecule has 0 N–H and O–H groups in total. The largest absolute Gasteiger partial charge is 0.486 e. The number of halogens is 2. The molecule has 1 aromatic heterocycles. The van der Waals surface area contributed by atoms with Crippen molar-refractivity contribution in [1.29, 1.82) is 0 Å². The Kier molecular flexibility index (Phi) is 3.99.